The molecular weight excluding hydrogens is 466 g/mol. The molecule has 0 aliphatic rings. The Bertz CT molecular complexity index is 791. The molecule has 0 N–H and O–H groups in total. The van der Waals surface area contributed by atoms with Crippen LogP contribution < -0.4 is 4.74 Å². The Morgan fingerprint density at radius 3 is 2.33 bits per heavy atom. The van der Waals surface area contributed by atoms with Gasteiger partial charge in [0.1, 0.15) is 5.75 Å². The van der Waals surface area contributed by atoms with Crippen LogP contribution in [0.2, 0.25) is 0 Å². The van der Waals surface area contributed by atoms with Crippen molar-refractivity contribution in [3.8, 4) is 11.8 Å². The molecule has 0 saturated heterocycles. The van der Waals surface area contributed by atoms with Crippen molar-refractivity contribution in [3.63, 3.8) is 0 Å². The zero-order chi connectivity index (χ0) is 19.5. The molecule has 0 fully saturated rings. The molecule has 0 amide bonds. The molecule has 0 bridgehead atoms. The monoisotopic (exact) mass is 489 g/mol. The Balaban J connectivity index is 2.08. The van der Waals surface area contributed by atoms with Crippen molar-refractivity contribution >= 4 is 43.5 Å². The van der Waals surface area contributed by atoms with Crippen LogP contribution >= 0.6 is 31.9 Å². The Morgan fingerprint density at radius 1 is 0.963 bits per heavy atom. The number of halogens is 2. The predicted molar refractivity (Wildman–Crippen MR) is 121 cm³/mol. The summed E-state index contributed by atoms with van der Waals surface area (Å²) in [5, 5.41) is 9.60. The molecule has 2 aromatic rings. The maximum absolute atomic E-state index is 9.60. The van der Waals surface area contributed by atoms with Gasteiger partial charge in [-0.05, 0) is 48.4 Å². The molecule has 27 heavy (non-hydrogen) atoms. The van der Waals surface area contributed by atoms with Gasteiger partial charge in [0.15, 0.2) is 0 Å². The molecule has 142 valence electrons. The van der Waals surface area contributed by atoms with Gasteiger partial charge in [0.25, 0.3) is 0 Å². The van der Waals surface area contributed by atoms with Crippen molar-refractivity contribution in [2.24, 2.45) is 0 Å². The van der Waals surface area contributed by atoms with Crippen LogP contribution in [-0.2, 0) is 0 Å². The molecule has 0 aliphatic heterocycles. The zero-order valence-corrected chi connectivity index (χ0v) is 18.9. The smallest absolute Gasteiger partial charge is 0.126 e. The highest BCUT2D eigenvalue weighted by atomic mass is 79.9. The number of rotatable bonds is 10. The van der Waals surface area contributed by atoms with Crippen molar-refractivity contribution in [3.05, 3.63) is 62.5 Å². The van der Waals surface area contributed by atoms with E-state index >= 15 is 0 Å². The van der Waals surface area contributed by atoms with Gasteiger partial charge >= 0.3 is 0 Å². The fourth-order valence-corrected chi connectivity index (χ4v) is 3.44. The van der Waals surface area contributed by atoms with Crippen molar-refractivity contribution in [1.29, 1.82) is 5.26 Å². The van der Waals surface area contributed by atoms with Gasteiger partial charge in [-0.3, -0.25) is 0 Å². The van der Waals surface area contributed by atoms with Crippen molar-refractivity contribution in [1.82, 2.24) is 0 Å². The Kier molecular flexibility index (Phi) is 9.66. The molecule has 4 heteroatoms. The lowest BCUT2D eigenvalue weighted by Gasteiger charge is -2.11. The quantitative estimate of drug-likeness (QED) is 0.192. The first-order valence-electron chi connectivity index (χ1n) is 9.44. The molecule has 0 unspecified atom stereocenters. The van der Waals surface area contributed by atoms with E-state index in [2.05, 4.69) is 44.9 Å². The molecule has 2 rings (SSSR count). The summed E-state index contributed by atoms with van der Waals surface area (Å²) in [7, 11) is 0. The fraction of sp³-hybridized carbons (Fsp3) is 0.348. The lowest BCUT2D eigenvalue weighted by Crippen LogP contribution is -1.99. The molecule has 0 atom stereocenters. The van der Waals surface area contributed by atoms with E-state index < -0.39 is 0 Å². The van der Waals surface area contributed by atoms with E-state index in [0.29, 0.717) is 12.2 Å². The summed E-state index contributed by atoms with van der Waals surface area (Å²) in [5.41, 5.74) is 2.42. The summed E-state index contributed by atoms with van der Waals surface area (Å²) in [4.78, 5) is 0. The van der Waals surface area contributed by atoms with Crippen LogP contribution in [0.4, 0.5) is 0 Å². The number of unbranched alkanes of at least 4 members (excludes halogenated alkanes) is 5. The van der Waals surface area contributed by atoms with E-state index in [9.17, 15) is 5.26 Å². The summed E-state index contributed by atoms with van der Waals surface area (Å²) in [6.07, 6.45) is 9.31. The minimum absolute atomic E-state index is 0.616. The van der Waals surface area contributed by atoms with E-state index in [1.807, 2.05) is 48.5 Å². The summed E-state index contributed by atoms with van der Waals surface area (Å²) >= 11 is 6.95. The van der Waals surface area contributed by atoms with Gasteiger partial charge < -0.3 is 4.74 Å². The van der Waals surface area contributed by atoms with Crippen molar-refractivity contribution in [2.45, 2.75) is 45.4 Å². The van der Waals surface area contributed by atoms with Gasteiger partial charge in [-0.2, -0.15) is 5.26 Å². The second-order valence-corrected chi connectivity index (χ2v) is 8.31. The Morgan fingerprint density at radius 2 is 1.63 bits per heavy atom. The third-order valence-corrected chi connectivity index (χ3v) is 5.32. The van der Waals surface area contributed by atoms with E-state index in [1.54, 1.807) is 0 Å². The zero-order valence-electron chi connectivity index (χ0n) is 15.7. The van der Waals surface area contributed by atoms with Crippen LogP contribution in [0.25, 0.3) is 11.6 Å². The number of nitrogens with zero attached hydrogens (tertiary/aromatic N) is 1. The SMILES string of the molecule is CCCCCCCCOc1ccc(Br)cc1C=C(C#N)c1ccc(Br)cc1. The maximum atomic E-state index is 9.60. The first-order valence-corrected chi connectivity index (χ1v) is 11.0. The topological polar surface area (TPSA) is 33.0 Å². The third kappa shape index (κ3) is 7.52. The molecule has 2 nitrogen and oxygen atoms in total. The van der Waals surface area contributed by atoms with E-state index in [-0.39, 0.29) is 0 Å². The van der Waals surface area contributed by atoms with Crippen molar-refractivity contribution in [2.75, 3.05) is 6.61 Å². The summed E-state index contributed by atoms with van der Waals surface area (Å²) in [5.74, 6) is 0.816. The van der Waals surface area contributed by atoms with Gasteiger partial charge in [0, 0.05) is 14.5 Å². The number of hydrogen-bond acceptors (Lipinski definition) is 2. The van der Waals surface area contributed by atoms with Gasteiger partial charge in [-0.15, -0.1) is 0 Å². The minimum Gasteiger partial charge on any atom is -0.493 e. The Labute approximate surface area is 179 Å². The van der Waals surface area contributed by atoms with Crippen LogP contribution in [0.3, 0.4) is 0 Å². The van der Waals surface area contributed by atoms with Crippen LogP contribution in [0, 0.1) is 11.3 Å². The standard InChI is InChI=1S/C23H25Br2NO/c1-2-3-4-5-6-7-14-27-23-13-12-22(25)16-19(23)15-20(17-26)18-8-10-21(24)11-9-18/h8-13,15-16H,2-7,14H2,1H3. The number of nitriles is 1. The summed E-state index contributed by atoms with van der Waals surface area (Å²) < 4.78 is 7.98. The van der Waals surface area contributed by atoms with Gasteiger partial charge in [0.2, 0.25) is 0 Å². The molecule has 0 heterocycles. The molecule has 0 aromatic heterocycles. The summed E-state index contributed by atoms with van der Waals surface area (Å²) in [6, 6.07) is 16.0. The molecular formula is C23H25Br2NO. The number of ether oxygens (including phenoxy) is 1. The van der Waals surface area contributed by atoms with E-state index in [4.69, 9.17) is 4.74 Å². The van der Waals surface area contributed by atoms with Gasteiger partial charge in [0.05, 0.1) is 18.2 Å². The average Bonchev–Trinajstić information content (AvgIpc) is 2.67. The van der Waals surface area contributed by atoms with Crippen molar-refractivity contribution < 1.29 is 4.74 Å². The first-order chi connectivity index (χ1) is 13.1. The summed E-state index contributed by atoms with van der Waals surface area (Å²) in [6.45, 7) is 2.93. The molecule has 0 aliphatic carbocycles. The van der Waals surface area contributed by atoms with Crippen LogP contribution in [0.5, 0.6) is 5.75 Å². The van der Waals surface area contributed by atoms with Crippen LogP contribution in [0.15, 0.2) is 51.4 Å². The van der Waals surface area contributed by atoms with Gasteiger partial charge in [-0.1, -0.05) is 83.0 Å². The third-order valence-electron chi connectivity index (χ3n) is 4.30. The second-order valence-electron chi connectivity index (χ2n) is 6.48. The van der Waals surface area contributed by atoms with E-state index in [1.165, 1.54) is 32.1 Å². The fourth-order valence-electron chi connectivity index (χ4n) is 2.79. The molecule has 0 radical (unpaired) electrons. The maximum Gasteiger partial charge on any atom is 0.126 e. The number of benzene rings is 2. The molecule has 0 spiro atoms. The second kappa shape index (κ2) is 12.0. The lowest BCUT2D eigenvalue weighted by atomic mass is 10.0. The number of hydrogen-bond donors (Lipinski definition) is 0. The molecule has 0 saturated carbocycles. The first kappa shape index (κ1) is 21.7. The van der Waals surface area contributed by atoms with E-state index in [0.717, 1.165) is 32.2 Å². The Hall–Kier alpha value is -1.57. The highest BCUT2D eigenvalue weighted by molar-refractivity contribution is 9.10. The highest BCUT2D eigenvalue weighted by Crippen LogP contribution is 2.28. The normalized spacial score (nSPS) is 11.3. The lowest BCUT2D eigenvalue weighted by molar-refractivity contribution is 0.304. The van der Waals surface area contributed by atoms with Crippen LogP contribution in [-0.4, -0.2) is 6.61 Å². The molecule has 2 aromatic carbocycles. The minimum atomic E-state index is 0.616. The predicted octanol–water partition coefficient (Wildman–Crippen LogP) is 8.02. The number of allylic oxidation sites excluding steroid dienone is 1. The average molecular weight is 491 g/mol. The van der Waals surface area contributed by atoms with Gasteiger partial charge in [-0.25, -0.2) is 0 Å². The van der Waals surface area contributed by atoms with Crippen LogP contribution in [0.1, 0.15) is 56.6 Å². The highest BCUT2D eigenvalue weighted by Gasteiger charge is 2.07. The largest absolute Gasteiger partial charge is 0.493 e.